The first kappa shape index (κ1) is 11.9. The molecule has 0 amide bonds. The topological polar surface area (TPSA) is 30.2 Å². The molecule has 3 rings (SSSR count). The van der Waals surface area contributed by atoms with E-state index in [4.69, 9.17) is 16.0 Å². The van der Waals surface area contributed by atoms with Crippen LogP contribution in [0.4, 0.5) is 4.39 Å². The van der Waals surface area contributed by atoms with Crippen LogP contribution in [0.3, 0.4) is 0 Å². The van der Waals surface area contributed by atoms with Crippen LogP contribution in [0.2, 0.25) is 5.02 Å². The molecule has 0 fully saturated rings. The van der Waals surface area contributed by atoms with Crippen molar-refractivity contribution in [1.82, 2.24) is 0 Å². The van der Waals surface area contributed by atoms with Gasteiger partial charge in [0.05, 0.1) is 5.02 Å². The van der Waals surface area contributed by atoms with Crippen LogP contribution < -0.4 is 0 Å². The van der Waals surface area contributed by atoms with E-state index in [9.17, 15) is 9.18 Å². The number of carbonyl (C=O) groups is 1. The molecule has 0 spiro atoms. The normalized spacial score (nSPS) is 10.8. The first-order valence-corrected chi connectivity index (χ1v) is 6.02. The number of rotatable bonds is 2. The molecular formula is C15H8ClFO2. The Morgan fingerprint density at radius 1 is 1.11 bits per heavy atom. The van der Waals surface area contributed by atoms with Crippen molar-refractivity contribution in [1.29, 1.82) is 0 Å². The number of hydrogen-bond acceptors (Lipinski definition) is 2. The van der Waals surface area contributed by atoms with E-state index >= 15 is 0 Å². The van der Waals surface area contributed by atoms with Gasteiger partial charge in [0.25, 0.3) is 0 Å². The van der Waals surface area contributed by atoms with Gasteiger partial charge in [-0.15, -0.1) is 0 Å². The first-order valence-electron chi connectivity index (χ1n) is 5.64. The van der Waals surface area contributed by atoms with Crippen LogP contribution in [0.25, 0.3) is 11.0 Å². The fourth-order valence-corrected chi connectivity index (χ4v) is 2.12. The van der Waals surface area contributed by atoms with Gasteiger partial charge in [-0.25, -0.2) is 4.39 Å². The van der Waals surface area contributed by atoms with Crippen LogP contribution in [0.15, 0.2) is 52.9 Å². The van der Waals surface area contributed by atoms with Gasteiger partial charge >= 0.3 is 0 Å². The van der Waals surface area contributed by atoms with Crippen molar-refractivity contribution < 1.29 is 13.6 Å². The molecule has 4 heteroatoms. The molecule has 0 aliphatic heterocycles. The molecule has 0 aliphatic rings. The molecule has 1 aromatic heterocycles. The van der Waals surface area contributed by atoms with Gasteiger partial charge in [0, 0.05) is 10.9 Å². The van der Waals surface area contributed by atoms with Crippen molar-refractivity contribution in [2.24, 2.45) is 0 Å². The second kappa shape index (κ2) is 4.52. The zero-order valence-corrected chi connectivity index (χ0v) is 10.4. The molecule has 19 heavy (non-hydrogen) atoms. The Balaban J connectivity index is 2.11. The molecule has 0 N–H and O–H groups in total. The predicted octanol–water partition coefficient (Wildman–Crippen LogP) is 4.46. The van der Waals surface area contributed by atoms with E-state index in [0.717, 1.165) is 5.39 Å². The molecule has 0 unspecified atom stereocenters. The number of halogens is 2. The molecule has 0 saturated heterocycles. The maximum atomic E-state index is 13.3. The fraction of sp³-hybridized carbons (Fsp3) is 0. The van der Waals surface area contributed by atoms with Crippen LogP contribution in [-0.4, -0.2) is 5.78 Å². The molecule has 0 atom stereocenters. The first-order chi connectivity index (χ1) is 9.16. The molecule has 0 radical (unpaired) electrons. The highest BCUT2D eigenvalue weighted by molar-refractivity contribution is 6.35. The predicted molar refractivity (Wildman–Crippen MR) is 71.1 cm³/mol. The Labute approximate surface area is 113 Å². The molecule has 94 valence electrons. The maximum absolute atomic E-state index is 13.3. The number of ketones is 1. The van der Waals surface area contributed by atoms with Crippen molar-refractivity contribution in [3.05, 3.63) is 70.7 Å². The molecule has 2 nitrogen and oxygen atoms in total. The zero-order valence-electron chi connectivity index (χ0n) is 9.69. The second-order valence-electron chi connectivity index (χ2n) is 4.08. The summed E-state index contributed by atoms with van der Waals surface area (Å²) in [4.78, 5) is 12.2. The lowest BCUT2D eigenvalue weighted by Crippen LogP contribution is -2.01. The summed E-state index contributed by atoms with van der Waals surface area (Å²) >= 11 is 5.80. The van der Waals surface area contributed by atoms with Gasteiger partial charge in [-0.2, -0.15) is 0 Å². The summed E-state index contributed by atoms with van der Waals surface area (Å²) in [5.74, 6) is -0.905. The van der Waals surface area contributed by atoms with Crippen molar-refractivity contribution in [3.63, 3.8) is 0 Å². The smallest absolute Gasteiger partial charge is 0.229 e. The summed E-state index contributed by atoms with van der Waals surface area (Å²) < 4.78 is 18.8. The van der Waals surface area contributed by atoms with E-state index < -0.39 is 11.6 Å². The highest BCUT2D eigenvalue weighted by Gasteiger charge is 2.18. The fourth-order valence-electron chi connectivity index (χ4n) is 1.91. The van der Waals surface area contributed by atoms with Crippen LogP contribution in [0, 0.1) is 5.82 Å². The van der Waals surface area contributed by atoms with Gasteiger partial charge in [-0.3, -0.25) is 4.79 Å². The highest BCUT2D eigenvalue weighted by Crippen LogP contribution is 2.25. The average molecular weight is 275 g/mol. The van der Waals surface area contributed by atoms with Gasteiger partial charge in [0.15, 0.2) is 5.76 Å². The summed E-state index contributed by atoms with van der Waals surface area (Å²) in [6.07, 6.45) is 0. The Hall–Kier alpha value is -2.13. The minimum atomic E-state index is -0.622. The van der Waals surface area contributed by atoms with E-state index in [1.165, 1.54) is 18.2 Å². The van der Waals surface area contributed by atoms with Gasteiger partial charge < -0.3 is 4.42 Å². The SMILES string of the molecule is O=C(c1cc2ccccc2o1)c1cccc(F)c1Cl. The van der Waals surface area contributed by atoms with E-state index in [1.54, 1.807) is 12.1 Å². The monoisotopic (exact) mass is 274 g/mol. The summed E-state index contributed by atoms with van der Waals surface area (Å²) in [5, 5.41) is 0.631. The van der Waals surface area contributed by atoms with E-state index in [0.29, 0.717) is 5.58 Å². The van der Waals surface area contributed by atoms with Gasteiger partial charge in [0.2, 0.25) is 5.78 Å². The number of benzene rings is 2. The Bertz CT molecular complexity index is 744. The third kappa shape index (κ3) is 2.02. The summed E-state index contributed by atoms with van der Waals surface area (Å²) in [6, 6.07) is 13.0. The number of fused-ring (bicyclic) bond motifs is 1. The van der Waals surface area contributed by atoms with E-state index in [2.05, 4.69) is 0 Å². The Morgan fingerprint density at radius 3 is 2.68 bits per heavy atom. The van der Waals surface area contributed by atoms with Gasteiger partial charge in [-0.1, -0.05) is 35.9 Å². The largest absolute Gasteiger partial charge is 0.453 e. The summed E-state index contributed by atoms with van der Waals surface area (Å²) in [6.45, 7) is 0. The minimum Gasteiger partial charge on any atom is -0.453 e. The zero-order chi connectivity index (χ0) is 13.4. The minimum absolute atomic E-state index is 0.0979. The van der Waals surface area contributed by atoms with Crippen molar-refractivity contribution in [2.45, 2.75) is 0 Å². The van der Waals surface area contributed by atoms with Crippen molar-refractivity contribution in [2.75, 3.05) is 0 Å². The van der Waals surface area contributed by atoms with E-state index in [1.807, 2.05) is 18.2 Å². The van der Waals surface area contributed by atoms with Crippen molar-refractivity contribution in [3.8, 4) is 0 Å². The average Bonchev–Trinajstić information content (AvgIpc) is 2.85. The van der Waals surface area contributed by atoms with Crippen LogP contribution in [-0.2, 0) is 0 Å². The molecular weight excluding hydrogens is 267 g/mol. The third-order valence-electron chi connectivity index (χ3n) is 2.85. The van der Waals surface area contributed by atoms with Crippen LogP contribution >= 0.6 is 11.6 Å². The van der Waals surface area contributed by atoms with Crippen LogP contribution in [0.5, 0.6) is 0 Å². The lowest BCUT2D eigenvalue weighted by molar-refractivity contribution is 0.101. The van der Waals surface area contributed by atoms with Gasteiger partial charge in [0.1, 0.15) is 11.4 Å². The number of carbonyl (C=O) groups excluding carboxylic acids is 1. The molecule has 1 heterocycles. The Kier molecular flexibility index (Phi) is 2.84. The number of hydrogen-bond donors (Lipinski definition) is 0. The number of para-hydroxylation sites is 1. The highest BCUT2D eigenvalue weighted by atomic mass is 35.5. The molecule has 3 aromatic rings. The molecule has 0 saturated carbocycles. The Morgan fingerprint density at radius 2 is 1.89 bits per heavy atom. The lowest BCUT2D eigenvalue weighted by atomic mass is 10.1. The maximum Gasteiger partial charge on any atom is 0.229 e. The second-order valence-corrected chi connectivity index (χ2v) is 4.46. The van der Waals surface area contributed by atoms with Crippen LogP contribution in [0.1, 0.15) is 16.1 Å². The summed E-state index contributed by atoms with van der Waals surface area (Å²) in [7, 11) is 0. The lowest BCUT2D eigenvalue weighted by Gasteiger charge is -2.01. The standard InChI is InChI=1S/C15H8ClFO2/c16-14-10(5-3-6-11(14)17)15(18)13-8-9-4-1-2-7-12(9)19-13/h1-8H. The number of furan rings is 1. The quantitative estimate of drug-likeness (QED) is 0.646. The van der Waals surface area contributed by atoms with E-state index in [-0.39, 0.29) is 16.3 Å². The van der Waals surface area contributed by atoms with Gasteiger partial charge in [-0.05, 0) is 24.3 Å². The molecule has 2 aromatic carbocycles. The third-order valence-corrected chi connectivity index (χ3v) is 3.23. The van der Waals surface area contributed by atoms with Crippen molar-refractivity contribution >= 4 is 28.4 Å². The summed E-state index contributed by atoms with van der Waals surface area (Å²) in [5.41, 5.74) is 0.707. The molecule has 0 bridgehead atoms. The molecule has 0 aliphatic carbocycles.